The average molecular weight is 559 g/mol. The fourth-order valence-corrected chi connectivity index (χ4v) is 1.76. The van der Waals surface area contributed by atoms with Gasteiger partial charge < -0.3 is 37.8 Å². The smallest absolute Gasteiger partial charge is 0.781 e. The van der Waals surface area contributed by atoms with Crippen molar-refractivity contribution in [1.29, 1.82) is 0 Å². The molecule has 1 aromatic rings. The Kier molecular flexibility index (Phi) is 22.7. The molecule has 0 N–H and O–H groups in total. The molecule has 0 saturated carbocycles. The molecule has 0 aliphatic rings. The van der Waals surface area contributed by atoms with Crippen LogP contribution in [0.25, 0.3) is 0 Å². The summed E-state index contributed by atoms with van der Waals surface area (Å²) in [6, 6.07) is 10.3. The molecule has 0 aromatic heterocycles. The average Bonchev–Trinajstić information content (AvgIpc) is 2.27. The minimum atomic E-state index is -3.51. The van der Waals surface area contributed by atoms with Crippen LogP contribution >= 0.6 is 33.0 Å². The summed E-state index contributed by atoms with van der Waals surface area (Å²) < 4.78 is 43.6. The Balaban J connectivity index is -0.000000241. The van der Waals surface area contributed by atoms with E-state index >= 15 is 0 Å². The third-order valence-electron chi connectivity index (χ3n) is 1.27. The van der Waals surface area contributed by atoms with Crippen LogP contribution < -0.4 is 19.6 Å². The van der Waals surface area contributed by atoms with Gasteiger partial charge in [-0.1, -0.05) is 35.9 Å². The van der Waals surface area contributed by atoms with E-state index in [0.717, 1.165) is 0 Å². The van der Waals surface area contributed by atoms with Gasteiger partial charge in [-0.2, -0.15) is 0 Å². The first-order chi connectivity index (χ1) is 9.65. The van der Waals surface area contributed by atoms with Gasteiger partial charge in [0.1, 0.15) is 33.0 Å². The van der Waals surface area contributed by atoms with E-state index in [1.807, 2.05) is 18.2 Å². The van der Waals surface area contributed by atoms with Gasteiger partial charge in [-0.15, -0.1) is 0 Å². The van der Waals surface area contributed by atoms with E-state index in [4.69, 9.17) is 0 Å². The maximum Gasteiger partial charge on any atom is 4.00 e. The van der Waals surface area contributed by atoms with Crippen molar-refractivity contribution in [2.75, 3.05) is 0 Å². The molecule has 10 nitrogen and oxygen atoms in total. The predicted octanol–water partition coefficient (Wildman–Crippen LogP) is -1.00. The van der Waals surface area contributed by atoms with E-state index in [0.29, 0.717) is 0 Å². The molecular formula is C7H12HfO10P4. The molecule has 0 radical (unpaired) electrons. The van der Waals surface area contributed by atoms with Crippen LogP contribution in [0.5, 0.6) is 0 Å². The van der Waals surface area contributed by atoms with Gasteiger partial charge >= 0.3 is 25.8 Å². The largest absolute Gasteiger partial charge is 4.00 e. The second-order valence-electron chi connectivity index (χ2n) is 2.86. The third kappa shape index (κ3) is 28.9. The summed E-state index contributed by atoms with van der Waals surface area (Å²) in [6.45, 7) is 2.08. The Hall–Kier alpha value is 0.770. The van der Waals surface area contributed by atoms with Crippen molar-refractivity contribution in [2.24, 2.45) is 0 Å². The van der Waals surface area contributed by atoms with Gasteiger partial charge in [-0.25, -0.2) is 0 Å². The maximum atomic E-state index is 9.29. The van der Waals surface area contributed by atoms with Crippen LogP contribution in [0.15, 0.2) is 30.3 Å². The first-order valence-corrected chi connectivity index (χ1v) is 9.76. The van der Waals surface area contributed by atoms with Gasteiger partial charge in [-0.05, 0) is 6.92 Å². The Morgan fingerprint density at radius 1 is 0.727 bits per heavy atom. The molecule has 0 bridgehead atoms. The standard InChI is InChI=1S/C7H8.Hf.2H4O5P2/c1-7-5-3-2-4-6-7;;2*1-6(2)5-7(3)4/h2-6H,1H3;;2*6-7H,(H,1,2)(H,3,4)/q;+4;;/p-4. The zero-order valence-electron chi connectivity index (χ0n) is 11.0. The van der Waals surface area contributed by atoms with Crippen molar-refractivity contribution in [2.45, 2.75) is 6.92 Å². The van der Waals surface area contributed by atoms with Gasteiger partial charge in [0.15, 0.2) is 0 Å². The number of aryl methyl sites for hydroxylation is 1. The first-order valence-electron chi connectivity index (χ1n) is 4.86. The quantitative estimate of drug-likeness (QED) is 0.329. The zero-order valence-corrected chi connectivity index (χ0v) is 18.6. The fraction of sp³-hybridized carbons (Fsp3) is 0.143. The number of hydrogen-bond acceptors (Lipinski definition) is 10. The topological polar surface area (TPSA) is 179 Å². The predicted molar refractivity (Wildman–Crippen MR) is 69.4 cm³/mol. The number of benzene rings is 1. The fourth-order valence-electron chi connectivity index (χ4n) is 0.670. The Labute approximate surface area is 148 Å². The van der Waals surface area contributed by atoms with Crippen molar-refractivity contribution in [3.8, 4) is 0 Å². The second-order valence-corrected chi connectivity index (χ2v) is 6.49. The van der Waals surface area contributed by atoms with Crippen LogP contribution in [0.1, 0.15) is 5.56 Å². The summed E-state index contributed by atoms with van der Waals surface area (Å²) in [5, 5.41) is 0. The van der Waals surface area contributed by atoms with Crippen molar-refractivity contribution in [3.63, 3.8) is 0 Å². The van der Waals surface area contributed by atoms with E-state index in [2.05, 4.69) is 27.7 Å². The molecule has 0 heterocycles. The van der Waals surface area contributed by atoms with E-state index in [1.54, 1.807) is 0 Å². The second kappa shape index (κ2) is 18.1. The van der Waals surface area contributed by atoms with Crippen molar-refractivity contribution in [3.05, 3.63) is 35.9 Å². The molecule has 124 valence electrons. The zero-order chi connectivity index (χ0) is 16.8. The molecule has 4 unspecified atom stereocenters. The molecule has 22 heavy (non-hydrogen) atoms. The minimum absolute atomic E-state index is 0. The molecule has 1 aromatic carbocycles. The Morgan fingerprint density at radius 2 is 1.00 bits per heavy atom. The van der Waals surface area contributed by atoms with Crippen molar-refractivity contribution >= 4 is 33.0 Å². The first kappa shape index (κ1) is 27.6. The summed E-state index contributed by atoms with van der Waals surface area (Å²) in [5.74, 6) is 0. The van der Waals surface area contributed by atoms with E-state index in [9.17, 15) is 37.8 Å². The van der Waals surface area contributed by atoms with Gasteiger partial charge in [-0.3, -0.25) is 8.62 Å². The van der Waals surface area contributed by atoms with E-state index < -0.39 is 33.0 Å². The molecule has 0 aliphatic heterocycles. The van der Waals surface area contributed by atoms with Crippen LogP contribution in [-0.2, 0) is 52.7 Å². The summed E-state index contributed by atoms with van der Waals surface area (Å²) in [7, 11) is -14.1. The van der Waals surface area contributed by atoms with Gasteiger partial charge in [0.2, 0.25) is 0 Å². The molecule has 0 amide bonds. The molecular weight excluding hydrogens is 546 g/mol. The summed E-state index contributed by atoms with van der Waals surface area (Å²) in [5.41, 5.74) is 1.32. The molecule has 0 saturated heterocycles. The Bertz CT molecular complexity index is 433. The van der Waals surface area contributed by atoms with E-state index in [1.165, 1.54) is 5.56 Å². The van der Waals surface area contributed by atoms with Crippen molar-refractivity contribution in [1.82, 2.24) is 0 Å². The number of rotatable bonds is 4. The molecule has 0 aliphatic carbocycles. The molecule has 0 spiro atoms. The normalized spacial score (nSPS) is 14.6. The maximum absolute atomic E-state index is 9.29. The summed E-state index contributed by atoms with van der Waals surface area (Å²) in [6.07, 6.45) is 0. The van der Waals surface area contributed by atoms with E-state index in [-0.39, 0.29) is 25.8 Å². The van der Waals surface area contributed by atoms with Crippen LogP contribution in [0.2, 0.25) is 0 Å². The van der Waals surface area contributed by atoms with Crippen LogP contribution in [0, 0.1) is 6.92 Å². The minimum Gasteiger partial charge on any atom is -0.781 e. The van der Waals surface area contributed by atoms with Crippen LogP contribution in [-0.4, -0.2) is 0 Å². The third-order valence-corrected chi connectivity index (χ3v) is 3.94. The number of hydrogen-bond donors (Lipinski definition) is 0. The monoisotopic (exact) mass is 560 g/mol. The van der Waals surface area contributed by atoms with Gasteiger partial charge in [0.05, 0.1) is 0 Å². The van der Waals surface area contributed by atoms with Gasteiger partial charge in [0, 0.05) is 0 Å². The van der Waals surface area contributed by atoms with Crippen molar-refractivity contribution < 1.29 is 72.3 Å². The van der Waals surface area contributed by atoms with Crippen LogP contribution in [0.4, 0.5) is 0 Å². The Morgan fingerprint density at radius 3 is 1.09 bits per heavy atom. The van der Waals surface area contributed by atoms with Gasteiger partial charge in [0.25, 0.3) is 0 Å². The summed E-state index contributed by atoms with van der Waals surface area (Å²) >= 11 is 0. The molecule has 0 fully saturated rings. The molecule has 4 atom stereocenters. The summed E-state index contributed by atoms with van der Waals surface area (Å²) in [4.78, 5) is 37.1. The molecule has 1 rings (SSSR count). The molecule has 15 heteroatoms. The SMILES string of the molecule is Cc1ccccc1.O=[PH]([O-])O[PH](=O)[O-].O=[PH]([O-])O[PH](=O)[O-].[Hf+4]. The van der Waals surface area contributed by atoms with Crippen LogP contribution in [0.3, 0.4) is 0 Å².